The molecule has 0 heterocycles. The van der Waals surface area contributed by atoms with Crippen molar-refractivity contribution in [3.8, 4) is 5.75 Å². The normalized spacial score (nSPS) is 12.1. The van der Waals surface area contributed by atoms with Gasteiger partial charge < -0.3 is 15.8 Å². The predicted molar refractivity (Wildman–Crippen MR) is 93.3 cm³/mol. The molecule has 0 radical (unpaired) electrons. The van der Waals surface area contributed by atoms with Crippen LogP contribution in [0.4, 0.5) is 13.2 Å². The molecule has 2 amide bonds. The molecule has 0 saturated carbocycles. The number of ether oxygens (including phenoxy) is 1. The summed E-state index contributed by atoms with van der Waals surface area (Å²) < 4.78 is 44.3. The van der Waals surface area contributed by atoms with Gasteiger partial charge in [0.15, 0.2) is 0 Å². The van der Waals surface area contributed by atoms with Crippen LogP contribution < -0.4 is 15.8 Å². The van der Waals surface area contributed by atoms with Gasteiger partial charge in [0.25, 0.3) is 5.91 Å². The van der Waals surface area contributed by atoms with Gasteiger partial charge in [0.2, 0.25) is 5.91 Å². The van der Waals surface area contributed by atoms with Crippen LogP contribution in [-0.4, -0.2) is 23.8 Å². The van der Waals surface area contributed by atoms with Crippen molar-refractivity contribution < 1.29 is 32.3 Å². The molecular weight excluding hydrogens is 377 g/mol. The third-order valence-electron chi connectivity index (χ3n) is 3.75. The summed E-state index contributed by atoms with van der Waals surface area (Å²) >= 11 is 0. The molecule has 6 nitrogen and oxygen atoms in total. The van der Waals surface area contributed by atoms with Gasteiger partial charge in [0.05, 0.1) is 5.56 Å². The first-order chi connectivity index (χ1) is 13.1. The van der Waals surface area contributed by atoms with Gasteiger partial charge in [0.1, 0.15) is 11.8 Å². The topological polar surface area (TPSA) is 98.5 Å². The maximum atomic E-state index is 13.1. The van der Waals surface area contributed by atoms with E-state index in [9.17, 15) is 27.6 Å². The predicted octanol–water partition coefficient (Wildman–Crippen LogP) is 2.46. The number of alkyl halides is 3. The molecule has 0 aliphatic carbocycles. The Balaban J connectivity index is 2.22. The Bertz CT molecular complexity index is 897. The fourth-order valence-corrected chi connectivity index (χ4v) is 2.53. The summed E-state index contributed by atoms with van der Waals surface area (Å²) in [5.74, 6) is -2.21. The molecule has 2 aromatic carbocycles. The van der Waals surface area contributed by atoms with Crippen LogP contribution >= 0.6 is 0 Å². The highest BCUT2D eigenvalue weighted by Gasteiger charge is 2.34. The molecular formula is C19H17F3N2O4. The van der Waals surface area contributed by atoms with Gasteiger partial charge in [-0.1, -0.05) is 24.3 Å². The van der Waals surface area contributed by atoms with E-state index in [-0.39, 0.29) is 16.9 Å². The van der Waals surface area contributed by atoms with E-state index in [0.29, 0.717) is 0 Å². The van der Waals surface area contributed by atoms with E-state index in [4.69, 9.17) is 10.5 Å². The Hall–Kier alpha value is -3.36. The van der Waals surface area contributed by atoms with Gasteiger partial charge in [-0.3, -0.25) is 14.4 Å². The zero-order valence-corrected chi connectivity index (χ0v) is 14.7. The number of carbonyl (C=O) groups excluding carboxylic acids is 3. The molecule has 0 bridgehead atoms. The summed E-state index contributed by atoms with van der Waals surface area (Å²) in [4.78, 5) is 35.1. The third kappa shape index (κ3) is 5.57. The first kappa shape index (κ1) is 20.9. The Labute approximate surface area is 158 Å². The van der Waals surface area contributed by atoms with Crippen molar-refractivity contribution in [3.05, 3.63) is 65.2 Å². The number of halogens is 3. The number of rotatable bonds is 6. The van der Waals surface area contributed by atoms with Gasteiger partial charge >= 0.3 is 12.1 Å². The number of nitrogens with two attached hydrogens (primary N) is 1. The first-order valence-electron chi connectivity index (χ1n) is 8.11. The largest absolute Gasteiger partial charge is 0.427 e. The van der Waals surface area contributed by atoms with Crippen LogP contribution in [0.15, 0.2) is 48.5 Å². The fraction of sp³-hybridized carbons (Fsp3) is 0.211. The molecule has 2 rings (SSSR count). The van der Waals surface area contributed by atoms with Gasteiger partial charge in [0, 0.05) is 18.9 Å². The van der Waals surface area contributed by atoms with Gasteiger partial charge in [-0.2, -0.15) is 13.2 Å². The minimum Gasteiger partial charge on any atom is -0.427 e. The molecule has 0 aliphatic heterocycles. The lowest BCUT2D eigenvalue weighted by molar-refractivity contribution is -0.138. The quantitative estimate of drug-likeness (QED) is 0.581. The number of benzene rings is 2. The van der Waals surface area contributed by atoms with E-state index >= 15 is 0 Å². The van der Waals surface area contributed by atoms with Crippen LogP contribution in [0.1, 0.15) is 28.4 Å². The number of esters is 1. The van der Waals surface area contributed by atoms with Crippen LogP contribution in [0.25, 0.3) is 0 Å². The molecule has 2 aromatic rings. The maximum absolute atomic E-state index is 13.1. The Kier molecular flexibility index (Phi) is 6.40. The Morgan fingerprint density at radius 1 is 1.11 bits per heavy atom. The van der Waals surface area contributed by atoms with Crippen LogP contribution in [0.2, 0.25) is 0 Å². The van der Waals surface area contributed by atoms with Gasteiger partial charge in [-0.15, -0.1) is 0 Å². The highest BCUT2D eigenvalue weighted by molar-refractivity contribution is 5.97. The molecule has 1 atom stereocenters. The number of nitrogens with one attached hydrogen (secondary N) is 1. The van der Waals surface area contributed by atoms with E-state index in [1.807, 2.05) is 0 Å². The minimum absolute atomic E-state index is 0.0501. The number of hydrogen-bond acceptors (Lipinski definition) is 4. The molecule has 148 valence electrons. The van der Waals surface area contributed by atoms with Crippen LogP contribution in [-0.2, 0) is 22.2 Å². The van der Waals surface area contributed by atoms with Crippen molar-refractivity contribution in [1.29, 1.82) is 0 Å². The number of primary amides is 1. The second-order valence-corrected chi connectivity index (χ2v) is 5.91. The summed E-state index contributed by atoms with van der Waals surface area (Å²) in [5, 5.41) is 2.32. The molecule has 3 N–H and O–H groups in total. The van der Waals surface area contributed by atoms with E-state index in [0.717, 1.165) is 6.07 Å². The van der Waals surface area contributed by atoms with Crippen molar-refractivity contribution in [1.82, 2.24) is 5.32 Å². The molecule has 0 saturated heterocycles. The first-order valence-corrected chi connectivity index (χ1v) is 8.11. The molecule has 9 heteroatoms. The molecule has 0 spiro atoms. The standard InChI is InChI=1S/C19H17F3N2O4/c1-11(25)28-14-7-4-6-13(9-14)18(27)24-16(17(23)26)10-12-5-2-3-8-15(12)19(20,21)22/h2-9,16H,10H2,1H3,(H2,23,26)(H,24,27)/t16-/m1/s1. The van der Waals surface area contributed by atoms with Crippen molar-refractivity contribution in [2.45, 2.75) is 25.6 Å². The lowest BCUT2D eigenvalue weighted by Crippen LogP contribution is -2.46. The van der Waals surface area contributed by atoms with Gasteiger partial charge in [-0.25, -0.2) is 0 Å². The summed E-state index contributed by atoms with van der Waals surface area (Å²) in [6, 6.07) is 8.91. The van der Waals surface area contributed by atoms with Crippen molar-refractivity contribution in [2.24, 2.45) is 5.73 Å². The molecule has 0 aliphatic rings. The fourth-order valence-electron chi connectivity index (χ4n) is 2.53. The van der Waals surface area contributed by atoms with E-state index in [2.05, 4.69) is 5.32 Å². The van der Waals surface area contributed by atoms with Crippen LogP contribution in [0, 0.1) is 0 Å². The Morgan fingerprint density at radius 2 is 1.79 bits per heavy atom. The summed E-state index contributed by atoms with van der Waals surface area (Å²) in [7, 11) is 0. The number of hydrogen-bond donors (Lipinski definition) is 2. The second kappa shape index (κ2) is 8.55. The minimum atomic E-state index is -4.61. The molecule has 0 unspecified atom stereocenters. The van der Waals surface area contributed by atoms with Crippen molar-refractivity contribution in [3.63, 3.8) is 0 Å². The lowest BCUT2D eigenvalue weighted by atomic mass is 9.99. The average molecular weight is 394 g/mol. The summed E-state index contributed by atoms with van der Waals surface area (Å²) in [5.41, 5.74) is 4.23. The smallest absolute Gasteiger partial charge is 0.416 e. The Morgan fingerprint density at radius 3 is 2.39 bits per heavy atom. The van der Waals surface area contributed by atoms with E-state index in [1.165, 1.54) is 49.4 Å². The van der Waals surface area contributed by atoms with E-state index in [1.54, 1.807) is 0 Å². The highest BCUT2D eigenvalue weighted by Crippen LogP contribution is 2.32. The SMILES string of the molecule is CC(=O)Oc1cccc(C(=O)N[C@H](Cc2ccccc2C(F)(F)F)C(N)=O)c1. The third-order valence-corrected chi connectivity index (χ3v) is 3.75. The van der Waals surface area contributed by atoms with E-state index < -0.39 is 42.0 Å². The second-order valence-electron chi connectivity index (χ2n) is 5.91. The van der Waals surface area contributed by atoms with Crippen LogP contribution in [0.3, 0.4) is 0 Å². The lowest BCUT2D eigenvalue weighted by Gasteiger charge is -2.19. The highest BCUT2D eigenvalue weighted by atomic mass is 19.4. The zero-order valence-electron chi connectivity index (χ0n) is 14.7. The molecule has 0 fully saturated rings. The summed E-state index contributed by atoms with van der Waals surface area (Å²) in [6.07, 6.45) is -5.04. The maximum Gasteiger partial charge on any atom is 0.416 e. The summed E-state index contributed by atoms with van der Waals surface area (Å²) in [6.45, 7) is 1.19. The van der Waals surface area contributed by atoms with Crippen molar-refractivity contribution >= 4 is 17.8 Å². The number of amides is 2. The van der Waals surface area contributed by atoms with Gasteiger partial charge in [-0.05, 0) is 29.8 Å². The molecule has 0 aromatic heterocycles. The monoisotopic (exact) mass is 394 g/mol. The number of carbonyl (C=O) groups is 3. The molecule has 28 heavy (non-hydrogen) atoms. The zero-order chi connectivity index (χ0) is 20.9. The van der Waals surface area contributed by atoms with Crippen LogP contribution in [0.5, 0.6) is 5.75 Å². The van der Waals surface area contributed by atoms with Crippen molar-refractivity contribution in [2.75, 3.05) is 0 Å². The average Bonchev–Trinajstić information content (AvgIpc) is 2.60.